The molecule has 0 aliphatic heterocycles. The van der Waals surface area contributed by atoms with Crippen LogP contribution in [-0.2, 0) is 0 Å². The van der Waals surface area contributed by atoms with Gasteiger partial charge in [-0.2, -0.15) is 5.26 Å². The van der Waals surface area contributed by atoms with Crippen LogP contribution in [0.25, 0.3) is 0 Å². The number of nitrogens with zero attached hydrogens (tertiary/aromatic N) is 1. The highest BCUT2D eigenvalue weighted by atomic mass is 16.3. The second kappa shape index (κ2) is 2.03. The summed E-state index contributed by atoms with van der Waals surface area (Å²) < 4.78 is 0. The second-order valence-corrected chi connectivity index (χ2v) is 3.88. The Morgan fingerprint density at radius 1 is 1.50 bits per heavy atom. The van der Waals surface area contributed by atoms with E-state index in [0.717, 1.165) is 25.7 Å². The third-order valence-electron chi connectivity index (χ3n) is 3.08. The largest absolute Gasteiger partial charge is 0.376 e. The van der Waals surface area contributed by atoms with E-state index in [1.807, 2.05) is 0 Å². The summed E-state index contributed by atoms with van der Waals surface area (Å²) in [4.78, 5) is 0. The van der Waals surface area contributed by atoms with E-state index >= 15 is 0 Å². The minimum Gasteiger partial charge on any atom is -0.376 e. The third kappa shape index (κ3) is 0.737. The lowest BCUT2D eigenvalue weighted by atomic mass is 9.82. The van der Waals surface area contributed by atoms with Crippen LogP contribution in [0.1, 0.15) is 25.7 Å². The summed E-state index contributed by atoms with van der Waals surface area (Å²) in [7, 11) is 0. The zero-order valence-electron chi connectivity index (χ0n) is 6.88. The number of rotatable bonds is 2. The van der Waals surface area contributed by atoms with Gasteiger partial charge in [-0.3, -0.25) is 0 Å². The van der Waals surface area contributed by atoms with Crippen molar-refractivity contribution in [2.75, 3.05) is 0 Å². The number of hydrogen-bond acceptors (Lipinski definition) is 2. The van der Waals surface area contributed by atoms with E-state index in [2.05, 4.69) is 12.0 Å². The van der Waals surface area contributed by atoms with E-state index in [4.69, 9.17) is 11.7 Å². The van der Waals surface area contributed by atoms with Crippen LogP contribution in [0.15, 0.2) is 0 Å². The molecule has 1 atom stereocenters. The Hall–Kier alpha value is -0.990. The van der Waals surface area contributed by atoms with Crippen molar-refractivity contribution in [1.82, 2.24) is 0 Å². The lowest BCUT2D eigenvalue weighted by Crippen LogP contribution is -2.39. The molecule has 0 heterocycles. The monoisotopic (exact) mass is 161 g/mol. The van der Waals surface area contributed by atoms with Crippen LogP contribution in [0.4, 0.5) is 0 Å². The van der Waals surface area contributed by atoms with Crippen molar-refractivity contribution in [2.45, 2.75) is 31.3 Å². The molecule has 2 nitrogen and oxygen atoms in total. The van der Waals surface area contributed by atoms with Crippen LogP contribution < -0.4 is 0 Å². The predicted octanol–water partition coefficient (Wildman–Crippen LogP) is 1.06. The molecule has 0 aromatic carbocycles. The molecule has 0 aromatic heterocycles. The standard InChI is InChI=1S/C10H11NO/c1-2-10(12,8-3-4-8)9(7-11)5-6-9/h1,8,12H,3-6H2/t10-/m1/s1. The highest BCUT2D eigenvalue weighted by Crippen LogP contribution is 2.60. The Kier molecular flexibility index (Phi) is 1.29. The third-order valence-corrected chi connectivity index (χ3v) is 3.08. The molecule has 2 fully saturated rings. The van der Waals surface area contributed by atoms with Gasteiger partial charge in [0.05, 0.1) is 11.5 Å². The molecule has 0 radical (unpaired) electrons. The Bertz CT molecular complexity index is 288. The summed E-state index contributed by atoms with van der Waals surface area (Å²) in [6.07, 6.45) is 8.78. The summed E-state index contributed by atoms with van der Waals surface area (Å²) in [5.41, 5.74) is -1.72. The minimum atomic E-state index is -1.12. The van der Waals surface area contributed by atoms with Gasteiger partial charge < -0.3 is 5.11 Å². The van der Waals surface area contributed by atoms with Gasteiger partial charge in [-0.1, -0.05) is 5.92 Å². The molecule has 2 aliphatic rings. The summed E-state index contributed by atoms with van der Waals surface area (Å²) >= 11 is 0. The minimum absolute atomic E-state index is 0.185. The zero-order valence-corrected chi connectivity index (χ0v) is 6.88. The Morgan fingerprint density at radius 3 is 2.33 bits per heavy atom. The molecular weight excluding hydrogens is 150 g/mol. The van der Waals surface area contributed by atoms with Gasteiger partial charge >= 0.3 is 0 Å². The van der Waals surface area contributed by atoms with E-state index in [1.165, 1.54) is 0 Å². The molecule has 1 N–H and O–H groups in total. The van der Waals surface area contributed by atoms with Gasteiger partial charge in [0.25, 0.3) is 0 Å². The molecule has 0 amide bonds. The first-order chi connectivity index (χ1) is 5.68. The van der Waals surface area contributed by atoms with Crippen LogP contribution in [-0.4, -0.2) is 10.7 Å². The molecule has 0 unspecified atom stereocenters. The first-order valence-corrected chi connectivity index (χ1v) is 4.30. The van der Waals surface area contributed by atoms with Crippen LogP contribution >= 0.6 is 0 Å². The molecule has 0 bridgehead atoms. The maximum absolute atomic E-state index is 10.1. The Balaban J connectivity index is 2.30. The maximum atomic E-state index is 10.1. The van der Waals surface area contributed by atoms with Gasteiger partial charge in [0.15, 0.2) is 0 Å². The van der Waals surface area contributed by atoms with Gasteiger partial charge in [-0.15, -0.1) is 6.42 Å². The molecule has 12 heavy (non-hydrogen) atoms. The average molecular weight is 161 g/mol. The van der Waals surface area contributed by atoms with Gasteiger partial charge in [-0.05, 0) is 25.7 Å². The van der Waals surface area contributed by atoms with Gasteiger partial charge in [0, 0.05) is 5.92 Å². The summed E-state index contributed by atoms with van der Waals surface area (Å²) in [5, 5.41) is 19.0. The maximum Gasteiger partial charge on any atom is 0.146 e. The molecule has 2 saturated carbocycles. The molecule has 2 heteroatoms. The number of terminal acetylenes is 1. The van der Waals surface area contributed by atoms with Crippen molar-refractivity contribution in [2.24, 2.45) is 11.3 Å². The molecule has 2 rings (SSSR count). The van der Waals surface area contributed by atoms with E-state index in [-0.39, 0.29) is 5.92 Å². The van der Waals surface area contributed by atoms with E-state index in [0.29, 0.717) is 0 Å². The lowest BCUT2D eigenvalue weighted by Gasteiger charge is -2.26. The Morgan fingerprint density at radius 2 is 2.08 bits per heavy atom. The molecule has 0 aromatic rings. The second-order valence-electron chi connectivity index (χ2n) is 3.88. The first kappa shape index (κ1) is 7.65. The van der Waals surface area contributed by atoms with E-state index in [1.54, 1.807) is 0 Å². The zero-order chi connectivity index (χ0) is 8.82. The summed E-state index contributed by atoms with van der Waals surface area (Å²) in [5.74, 6) is 2.61. The van der Waals surface area contributed by atoms with Gasteiger partial charge in [0.2, 0.25) is 0 Å². The topological polar surface area (TPSA) is 44.0 Å². The molecule has 2 aliphatic carbocycles. The molecule has 0 saturated heterocycles. The van der Waals surface area contributed by atoms with Gasteiger partial charge in [-0.25, -0.2) is 0 Å². The first-order valence-electron chi connectivity index (χ1n) is 4.30. The number of hydrogen-bond donors (Lipinski definition) is 1. The van der Waals surface area contributed by atoms with Gasteiger partial charge in [0.1, 0.15) is 5.60 Å². The van der Waals surface area contributed by atoms with Crippen molar-refractivity contribution < 1.29 is 5.11 Å². The fourth-order valence-corrected chi connectivity index (χ4v) is 1.85. The van der Waals surface area contributed by atoms with Crippen molar-refractivity contribution in [3.8, 4) is 18.4 Å². The van der Waals surface area contributed by atoms with Crippen LogP contribution in [0.3, 0.4) is 0 Å². The molecule has 0 spiro atoms. The fourth-order valence-electron chi connectivity index (χ4n) is 1.85. The lowest BCUT2D eigenvalue weighted by molar-refractivity contribution is 0.0268. The van der Waals surface area contributed by atoms with Crippen LogP contribution in [0.5, 0.6) is 0 Å². The highest BCUT2D eigenvalue weighted by molar-refractivity contribution is 5.32. The van der Waals surface area contributed by atoms with Crippen LogP contribution in [0, 0.1) is 35.0 Å². The van der Waals surface area contributed by atoms with Crippen LogP contribution in [0.2, 0.25) is 0 Å². The fraction of sp³-hybridized carbons (Fsp3) is 0.700. The van der Waals surface area contributed by atoms with Crippen molar-refractivity contribution in [1.29, 1.82) is 5.26 Å². The quantitative estimate of drug-likeness (QED) is 0.615. The van der Waals surface area contributed by atoms with Crippen molar-refractivity contribution in [3.63, 3.8) is 0 Å². The summed E-state index contributed by atoms with van der Waals surface area (Å²) in [6.45, 7) is 0. The molecular formula is C10H11NO. The summed E-state index contributed by atoms with van der Waals surface area (Å²) in [6, 6.07) is 2.17. The number of aliphatic hydroxyl groups is 1. The molecule has 62 valence electrons. The van der Waals surface area contributed by atoms with E-state index in [9.17, 15) is 5.11 Å². The predicted molar refractivity (Wildman–Crippen MR) is 43.8 cm³/mol. The smallest absolute Gasteiger partial charge is 0.146 e. The Labute approximate surface area is 72.2 Å². The SMILES string of the molecule is C#C[C@@](O)(C1CC1)C1(C#N)CC1. The highest BCUT2D eigenvalue weighted by Gasteiger charge is 2.64. The normalized spacial score (nSPS) is 29.6. The van der Waals surface area contributed by atoms with Crippen molar-refractivity contribution >= 4 is 0 Å². The number of nitriles is 1. The average Bonchev–Trinajstić information content (AvgIpc) is 2.93. The van der Waals surface area contributed by atoms with E-state index < -0.39 is 11.0 Å². The van der Waals surface area contributed by atoms with Crippen molar-refractivity contribution in [3.05, 3.63) is 0 Å².